The molecule has 0 aliphatic carbocycles. The van der Waals surface area contributed by atoms with Gasteiger partial charge in [-0.25, -0.2) is 8.42 Å². The van der Waals surface area contributed by atoms with Crippen LogP contribution in [0.15, 0.2) is 64.6 Å². The maximum atomic E-state index is 13.5. The van der Waals surface area contributed by atoms with E-state index in [4.69, 9.17) is 5.73 Å². The predicted molar refractivity (Wildman–Crippen MR) is 148 cm³/mol. The topological polar surface area (TPSA) is 143 Å². The molecule has 10 nitrogen and oxygen atoms in total. The fourth-order valence-corrected chi connectivity index (χ4v) is 5.50. The minimum atomic E-state index is -3.90. The summed E-state index contributed by atoms with van der Waals surface area (Å²) in [5.74, 6) is -0.349. The largest absolute Gasteiger partial charge is 0.397 e. The molecule has 1 aliphatic heterocycles. The number of amidine groups is 1. The first-order valence-electron chi connectivity index (χ1n) is 12.2. The number of likely N-dealkylation sites (tertiary alicyclic amines) is 1. The summed E-state index contributed by atoms with van der Waals surface area (Å²) in [7, 11) is -2.49. The molecule has 0 radical (unpaired) electrons. The first-order chi connectivity index (χ1) is 17.6. The van der Waals surface area contributed by atoms with Gasteiger partial charge in [-0.15, -0.1) is 12.4 Å². The van der Waals surface area contributed by atoms with E-state index in [1.54, 1.807) is 30.3 Å². The number of halogens is 1. The van der Waals surface area contributed by atoms with Gasteiger partial charge in [0.25, 0.3) is 0 Å². The Balaban J connectivity index is 0.00000507. The number of amides is 2. The quantitative estimate of drug-likeness (QED) is 0.217. The summed E-state index contributed by atoms with van der Waals surface area (Å²) in [6.07, 6.45) is 1.49. The van der Waals surface area contributed by atoms with Crippen molar-refractivity contribution in [1.29, 1.82) is 0 Å². The van der Waals surface area contributed by atoms with Crippen molar-refractivity contribution in [1.82, 2.24) is 14.9 Å². The van der Waals surface area contributed by atoms with Gasteiger partial charge in [0.1, 0.15) is 19.2 Å². The number of nitrogens with one attached hydrogen (secondary N) is 2. The molecule has 4 N–H and O–H groups in total. The van der Waals surface area contributed by atoms with Crippen molar-refractivity contribution in [2.45, 2.75) is 56.6 Å². The SMILES string of the molecule is CON=C(N)c1ccc(CNC(=O)[C@@H]2CCCN2C(=O)[C@@H](CC(C)C)NS(=O)(=O)c2ccccc2)cc1.Cl. The van der Waals surface area contributed by atoms with Crippen LogP contribution < -0.4 is 15.8 Å². The Labute approximate surface area is 230 Å². The van der Waals surface area contributed by atoms with E-state index in [9.17, 15) is 18.0 Å². The Kier molecular flexibility index (Phi) is 11.6. The van der Waals surface area contributed by atoms with Gasteiger partial charge in [-0.1, -0.05) is 61.5 Å². The molecular weight excluding hydrogens is 530 g/mol. The summed E-state index contributed by atoms with van der Waals surface area (Å²) in [6, 6.07) is 13.5. The van der Waals surface area contributed by atoms with Crippen LogP contribution in [0.1, 0.15) is 44.2 Å². The maximum Gasteiger partial charge on any atom is 0.243 e. The summed E-state index contributed by atoms with van der Waals surface area (Å²) in [4.78, 5) is 32.8. The molecule has 0 bridgehead atoms. The lowest BCUT2D eigenvalue weighted by molar-refractivity contribution is -0.140. The summed E-state index contributed by atoms with van der Waals surface area (Å²) >= 11 is 0. The number of sulfonamides is 1. The smallest absolute Gasteiger partial charge is 0.243 e. The third kappa shape index (κ3) is 8.17. The molecule has 2 atom stereocenters. The highest BCUT2D eigenvalue weighted by Crippen LogP contribution is 2.22. The zero-order chi connectivity index (χ0) is 27.0. The summed E-state index contributed by atoms with van der Waals surface area (Å²) in [5, 5.41) is 6.59. The normalized spacial score (nSPS) is 16.6. The molecule has 0 unspecified atom stereocenters. The molecule has 1 saturated heterocycles. The molecule has 1 aliphatic rings. The van der Waals surface area contributed by atoms with Crippen LogP contribution in [0.4, 0.5) is 0 Å². The summed E-state index contributed by atoms with van der Waals surface area (Å²) in [5.41, 5.74) is 7.35. The van der Waals surface area contributed by atoms with Crippen LogP contribution in [-0.2, 0) is 31.0 Å². The summed E-state index contributed by atoms with van der Waals surface area (Å²) in [6.45, 7) is 4.51. The Morgan fingerprint density at radius 2 is 1.79 bits per heavy atom. The number of benzene rings is 2. The zero-order valence-electron chi connectivity index (χ0n) is 21.8. The van der Waals surface area contributed by atoms with Gasteiger partial charge in [0.2, 0.25) is 21.8 Å². The molecule has 0 spiro atoms. The monoisotopic (exact) mass is 565 g/mol. The molecule has 2 amide bonds. The lowest BCUT2D eigenvalue weighted by Crippen LogP contribution is -2.53. The fourth-order valence-electron chi connectivity index (χ4n) is 4.28. The van der Waals surface area contributed by atoms with Crippen LogP contribution in [-0.4, -0.2) is 56.7 Å². The van der Waals surface area contributed by atoms with E-state index in [0.29, 0.717) is 31.4 Å². The molecule has 0 saturated carbocycles. The van der Waals surface area contributed by atoms with Crippen molar-refractivity contribution in [3.05, 3.63) is 65.7 Å². The van der Waals surface area contributed by atoms with Gasteiger partial charge in [-0.2, -0.15) is 4.72 Å². The van der Waals surface area contributed by atoms with Crippen molar-refractivity contribution in [3.8, 4) is 0 Å². The van der Waals surface area contributed by atoms with E-state index in [2.05, 4.69) is 20.0 Å². The molecule has 38 heavy (non-hydrogen) atoms. The average molecular weight is 566 g/mol. The van der Waals surface area contributed by atoms with Crippen molar-refractivity contribution in [2.24, 2.45) is 16.8 Å². The maximum absolute atomic E-state index is 13.5. The van der Waals surface area contributed by atoms with Crippen molar-refractivity contribution < 1.29 is 22.8 Å². The molecule has 3 rings (SSSR count). The number of nitrogens with zero attached hydrogens (tertiary/aromatic N) is 2. The van der Waals surface area contributed by atoms with Crippen LogP contribution in [0.3, 0.4) is 0 Å². The number of nitrogens with two attached hydrogens (primary N) is 1. The average Bonchev–Trinajstić information content (AvgIpc) is 3.37. The lowest BCUT2D eigenvalue weighted by atomic mass is 10.0. The fraction of sp³-hybridized carbons (Fsp3) is 0.423. The zero-order valence-corrected chi connectivity index (χ0v) is 23.4. The van der Waals surface area contributed by atoms with Gasteiger partial charge in [-0.3, -0.25) is 9.59 Å². The number of rotatable bonds is 11. The molecule has 1 fully saturated rings. The van der Waals surface area contributed by atoms with E-state index in [1.807, 2.05) is 26.0 Å². The van der Waals surface area contributed by atoms with Gasteiger partial charge in [0.05, 0.1) is 4.90 Å². The molecule has 12 heteroatoms. The number of hydrogen-bond acceptors (Lipinski definition) is 6. The Morgan fingerprint density at radius 3 is 2.39 bits per heavy atom. The van der Waals surface area contributed by atoms with Gasteiger partial charge >= 0.3 is 0 Å². The summed E-state index contributed by atoms with van der Waals surface area (Å²) < 4.78 is 28.5. The van der Waals surface area contributed by atoms with Crippen LogP contribution >= 0.6 is 12.4 Å². The third-order valence-electron chi connectivity index (χ3n) is 6.10. The molecule has 208 valence electrons. The van der Waals surface area contributed by atoms with Gasteiger partial charge in [-0.05, 0) is 42.9 Å². The molecular formula is C26H36ClN5O5S. The lowest BCUT2D eigenvalue weighted by Gasteiger charge is -2.29. The first-order valence-corrected chi connectivity index (χ1v) is 13.7. The number of hydrogen-bond donors (Lipinski definition) is 3. The van der Waals surface area contributed by atoms with Gasteiger partial charge in [0.15, 0.2) is 5.84 Å². The van der Waals surface area contributed by atoms with E-state index in [0.717, 1.165) is 5.56 Å². The van der Waals surface area contributed by atoms with Crippen LogP contribution in [0.2, 0.25) is 0 Å². The molecule has 0 aromatic heterocycles. The van der Waals surface area contributed by atoms with Crippen LogP contribution in [0.5, 0.6) is 0 Å². The second kappa shape index (κ2) is 14.1. The standard InChI is InChI=1S/C26H35N5O5S.ClH/c1-18(2)16-22(30-37(34,35)21-8-5-4-6-9-21)26(33)31-15-7-10-23(31)25(32)28-17-19-11-13-20(14-12-19)24(27)29-36-3;/h4-6,8-9,11-14,18,22-23,30H,7,10,15-17H2,1-3H3,(H2,27,29)(H,28,32);1H/t22-,23+;/m1./s1. The number of oxime groups is 1. The number of carbonyl (C=O) groups is 2. The first kappa shape index (κ1) is 31.1. The van der Waals surface area contributed by atoms with Crippen molar-refractivity contribution in [3.63, 3.8) is 0 Å². The Morgan fingerprint density at radius 1 is 1.13 bits per heavy atom. The predicted octanol–water partition coefficient (Wildman–Crippen LogP) is 2.38. The number of carbonyl (C=O) groups excluding carboxylic acids is 2. The van der Waals surface area contributed by atoms with Gasteiger partial charge < -0.3 is 20.8 Å². The van der Waals surface area contributed by atoms with Crippen LogP contribution in [0, 0.1) is 5.92 Å². The van der Waals surface area contributed by atoms with E-state index in [-0.39, 0.29) is 47.4 Å². The Hall–Kier alpha value is -3.15. The molecule has 2 aromatic carbocycles. The van der Waals surface area contributed by atoms with E-state index in [1.165, 1.54) is 24.1 Å². The molecule has 2 aromatic rings. The highest BCUT2D eigenvalue weighted by Gasteiger charge is 2.38. The molecule has 1 heterocycles. The Bertz CT molecular complexity index is 1210. The van der Waals surface area contributed by atoms with Gasteiger partial charge in [0, 0.05) is 18.7 Å². The van der Waals surface area contributed by atoms with Crippen LogP contribution in [0.25, 0.3) is 0 Å². The highest BCUT2D eigenvalue weighted by atomic mass is 35.5. The minimum Gasteiger partial charge on any atom is -0.397 e. The van der Waals surface area contributed by atoms with Crippen molar-refractivity contribution in [2.75, 3.05) is 13.7 Å². The highest BCUT2D eigenvalue weighted by molar-refractivity contribution is 7.89. The van der Waals surface area contributed by atoms with E-state index < -0.39 is 22.1 Å². The second-order valence-electron chi connectivity index (χ2n) is 9.38. The minimum absolute atomic E-state index is 0. The van der Waals surface area contributed by atoms with Crippen molar-refractivity contribution >= 4 is 40.1 Å². The van der Waals surface area contributed by atoms with E-state index >= 15 is 0 Å². The second-order valence-corrected chi connectivity index (χ2v) is 11.1. The third-order valence-corrected chi connectivity index (χ3v) is 7.59.